The van der Waals surface area contributed by atoms with Gasteiger partial charge in [0.2, 0.25) is 0 Å². The van der Waals surface area contributed by atoms with Crippen LogP contribution in [0.1, 0.15) is 5.56 Å². The molecule has 2 aromatic rings. The molecule has 0 saturated carbocycles. The molecule has 2 rings (SSSR count). The fourth-order valence-electron chi connectivity index (χ4n) is 1.92. The number of hydrogen-bond acceptors (Lipinski definition) is 3. The lowest BCUT2D eigenvalue weighted by molar-refractivity contribution is 0.252. The van der Waals surface area contributed by atoms with E-state index in [1.54, 1.807) is 31.0 Å². The molecule has 4 nitrogen and oxygen atoms in total. The van der Waals surface area contributed by atoms with Crippen LogP contribution in [0.15, 0.2) is 48.5 Å². The lowest BCUT2D eigenvalue weighted by Gasteiger charge is -2.10. The highest BCUT2D eigenvalue weighted by Crippen LogP contribution is 2.22. The number of carbonyl (C=O) groups excluding carboxylic acids is 1. The molecule has 0 aromatic heterocycles. The van der Waals surface area contributed by atoms with Crippen molar-refractivity contribution in [3.63, 3.8) is 0 Å². The van der Waals surface area contributed by atoms with Gasteiger partial charge in [-0.15, -0.1) is 0 Å². The summed E-state index contributed by atoms with van der Waals surface area (Å²) in [5.41, 5.74) is 1.87. The number of halogens is 1. The second-order valence-corrected chi connectivity index (χ2v) is 6.30. The molecule has 0 bridgehead atoms. The fraction of sp³-hybridized carbons (Fsp3) is 0.235. The van der Waals surface area contributed by atoms with E-state index in [0.29, 0.717) is 18.0 Å². The van der Waals surface area contributed by atoms with E-state index in [2.05, 4.69) is 10.6 Å². The quantitative estimate of drug-likeness (QED) is 0.727. The van der Waals surface area contributed by atoms with Crippen LogP contribution < -0.4 is 15.4 Å². The van der Waals surface area contributed by atoms with E-state index in [9.17, 15) is 4.79 Å². The van der Waals surface area contributed by atoms with Crippen molar-refractivity contribution < 1.29 is 9.53 Å². The molecule has 0 atom stereocenters. The van der Waals surface area contributed by atoms with Crippen molar-refractivity contribution in [2.75, 3.05) is 24.7 Å². The number of rotatable bonds is 7. The van der Waals surface area contributed by atoms with E-state index in [0.717, 1.165) is 16.5 Å². The summed E-state index contributed by atoms with van der Waals surface area (Å²) in [4.78, 5) is 11.8. The number of methoxy groups -OCH3 is 1. The zero-order chi connectivity index (χ0) is 16.5. The van der Waals surface area contributed by atoms with Crippen molar-refractivity contribution in [1.82, 2.24) is 5.32 Å². The fourth-order valence-corrected chi connectivity index (χ4v) is 2.87. The molecule has 0 fully saturated rings. The topological polar surface area (TPSA) is 50.4 Å². The van der Waals surface area contributed by atoms with Gasteiger partial charge in [-0.05, 0) is 29.8 Å². The summed E-state index contributed by atoms with van der Waals surface area (Å²) in [5.74, 6) is 2.37. The summed E-state index contributed by atoms with van der Waals surface area (Å²) in [5, 5.41) is 6.35. The van der Waals surface area contributed by atoms with Crippen LogP contribution in [0.4, 0.5) is 10.5 Å². The number of hydrogen-bond donors (Lipinski definition) is 2. The van der Waals surface area contributed by atoms with Crippen LogP contribution in [0.25, 0.3) is 0 Å². The number of benzene rings is 2. The lowest BCUT2D eigenvalue weighted by Crippen LogP contribution is -2.30. The summed E-state index contributed by atoms with van der Waals surface area (Å²) >= 11 is 7.61. The Morgan fingerprint density at radius 2 is 1.91 bits per heavy atom. The number of amides is 2. The lowest BCUT2D eigenvalue weighted by atomic mass is 10.2. The van der Waals surface area contributed by atoms with Crippen LogP contribution in [0, 0.1) is 0 Å². The normalized spacial score (nSPS) is 10.2. The Morgan fingerprint density at radius 1 is 1.17 bits per heavy atom. The monoisotopic (exact) mass is 350 g/mol. The Balaban J connectivity index is 1.66. The van der Waals surface area contributed by atoms with Crippen molar-refractivity contribution in [2.24, 2.45) is 0 Å². The van der Waals surface area contributed by atoms with E-state index in [4.69, 9.17) is 16.3 Å². The maximum atomic E-state index is 11.8. The highest BCUT2D eigenvalue weighted by molar-refractivity contribution is 7.98. The first-order valence-electron chi connectivity index (χ1n) is 7.19. The van der Waals surface area contributed by atoms with Crippen LogP contribution in [0.5, 0.6) is 5.75 Å². The zero-order valence-electron chi connectivity index (χ0n) is 12.8. The van der Waals surface area contributed by atoms with Gasteiger partial charge < -0.3 is 15.4 Å². The molecular weight excluding hydrogens is 332 g/mol. The molecule has 0 heterocycles. The first kappa shape index (κ1) is 17.5. The van der Waals surface area contributed by atoms with Crippen LogP contribution >= 0.6 is 23.4 Å². The molecule has 2 amide bonds. The summed E-state index contributed by atoms with van der Waals surface area (Å²) in [6, 6.07) is 14.9. The first-order chi connectivity index (χ1) is 11.2. The van der Waals surface area contributed by atoms with E-state index < -0.39 is 0 Å². The highest BCUT2D eigenvalue weighted by atomic mass is 35.5. The highest BCUT2D eigenvalue weighted by Gasteiger charge is 2.05. The number of ether oxygens (including phenoxy) is 1. The van der Waals surface area contributed by atoms with Gasteiger partial charge in [0.25, 0.3) is 0 Å². The van der Waals surface area contributed by atoms with Crippen molar-refractivity contribution in [2.45, 2.75) is 5.75 Å². The molecule has 0 aliphatic rings. The molecule has 0 spiro atoms. The summed E-state index contributed by atoms with van der Waals surface area (Å²) in [6.07, 6.45) is 0. The van der Waals surface area contributed by atoms with Gasteiger partial charge in [-0.1, -0.05) is 35.9 Å². The van der Waals surface area contributed by atoms with Crippen LogP contribution in [-0.2, 0) is 5.75 Å². The first-order valence-corrected chi connectivity index (χ1v) is 8.72. The van der Waals surface area contributed by atoms with Gasteiger partial charge in [0, 0.05) is 23.1 Å². The summed E-state index contributed by atoms with van der Waals surface area (Å²) in [6.45, 7) is 0.596. The second-order valence-electron chi connectivity index (χ2n) is 4.76. The minimum atomic E-state index is -0.235. The molecule has 0 radical (unpaired) electrons. The zero-order valence-corrected chi connectivity index (χ0v) is 14.4. The number of thioether (sulfide) groups is 1. The van der Waals surface area contributed by atoms with Crippen molar-refractivity contribution in [3.8, 4) is 5.75 Å². The van der Waals surface area contributed by atoms with Gasteiger partial charge in [0.15, 0.2) is 0 Å². The molecule has 0 aliphatic carbocycles. The maximum Gasteiger partial charge on any atom is 0.319 e. The third kappa shape index (κ3) is 6.04. The third-order valence-corrected chi connectivity index (χ3v) is 4.35. The Hall–Kier alpha value is -1.85. The van der Waals surface area contributed by atoms with Crippen LogP contribution in [0.2, 0.25) is 5.02 Å². The number of urea groups is 1. The molecule has 0 saturated heterocycles. The number of anilines is 1. The number of carbonyl (C=O) groups is 1. The molecule has 23 heavy (non-hydrogen) atoms. The van der Waals surface area contributed by atoms with E-state index in [1.165, 1.54) is 5.56 Å². The third-order valence-electron chi connectivity index (χ3n) is 3.07. The van der Waals surface area contributed by atoms with E-state index >= 15 is 0 Å². The van der Waals surface area contributed by atoms with Gasteiger partial charge in [0.1, 0.15) is 5.75 Å². The average molecular weight is 351 g/mol. The van der Waals surface area contributed by atoms with Gasteiger partial charge in [-0.3, -0.25) is 0 Å². The Kier molecular flexibility index (Phi) is 7.10. The summed E-state index contributed by atoms with van der Waals surface area (Å²) in [7, 11) is 1.58. The van der Waals surface area contributed by atoms with Gasteiger partial charge >= 0.3 is 6.03 Å². The number of nitrogens with one attached hydrogen (secondary N) is 2. The molecule has 122 valence electrons. The number of para-hydroxylation sites is 2. The molecule has 6 heteroatoms. The van der Waals surface area contributed by atoms with Crippen LogP contribution in [-0.4, -0.2) is 25.4 Å². The van der Waals surface area contributed by atoms with E-state index in [-0.39, 0.29) is 6.03 Å². The van der Waals surface area contributed by atoms with Crippen molar-refractivity contribution in [1.29, 1.82) is 0 Å². The van der Waals surface area contributed by atoms with Gasteiger partial charge in [-0.25, -0.2) is 4.79 Å². The SMILES string of the molecule is COc1ccccc1NC(=O)NCCSCc1ccc(Cl)cc1. The minimum absolute atomic E-state index is 0.235. The standard InChI is InChI=1S/C17H19ClN2O2S/c1-22-16-5-3-2-4-15(16)20-17(21)19-10-11-23-12-13-6-8-14(18)9-7-13/h2-9H,10-12H2,1H3,(H2,19,20,21). The largest absolute Gasteiger partial charge is 0.495 e. The second kappa shape index (κ2) is 9.33. The Morgan fingerprint density at radius 3 is 2.65 bits per heavy atom. The maximum absolute atomic E-state index is 11.8. The molecular formula is C17H19ClN2O2S. The van der Waals surface area contributed by atoms with Crippen molar-refractivity contribution in [3.05, 3.63) is 59.1 Å². The molecule has 0 aliphatic heterocycles. The molecule has 2 N–H and O–H groups in total. The molecule has 2 aromatic carbocycles. The minimum Gasteiger partial charge on any atom is -0.495 e. The van der Waals surface area contributed by atoms with Gasteiger partial charge in [0.05, 0.1) is 12.8 Å². The van der Waals surface area contributed by atoms with Crippen molar-refractivity contribution >= 4 is 35.1 Å². The van der Waals surface area contributed by atoms with Gasteiger partial charge in [-0.2, -0.15) is 11.8 Å². The van der Waals surface area contributed by atoms with Crippen LogP contribution in [0.3, 0.4) is 0 Å². The Labute approximate surface area is 145 Å². The smallest absolute Gasteiger partial charge is 0.319 e. The predicted octanol–water partition coefficient (Wildman–Crippen LogP) is 4.40. The Bertz CT molecular complexity index is 635. The van der Waals surface area contributed by atoms with E-state index in [1.807, 2.05) is 36.4 Å². The summed E-state index contributed by atoms with van der Waals surface area (Å²) < 4.78 is 5.19. The predicted molar refractivity (Wildman–Crippen MR) is 97.6 cm³/mol. The average Bonchev–Trinajstić information content (AvgIpc) is 2.57. The molecule has 0 unspecified atom stereocenters.